The van der Waals surface area contributed by atoms with E-state index >= 15 is 0 Å². The van der Waals surface area contributed by atoms with Gasteiger partial charge in [0.1, 0.15) is 23.0 Å². The molecule has 8 nitrogen and oxygen atoms in total. The Labute approximate surface area is 328 Å². The van der Waals surface area contributed by atoms with Crippen molar-refractivity contribution in [3.05, 3.63) is 204 Å². The van der Waals surface area contributed by atoms with Crippen LogP contribution in [0.2, 0.25) is 0 Å². The summed E-state index contributed by atoms with van der Waals surface area (Å²) in [4.78, 5) is 24.3. The van der Waals surface area contributed by atoms with Crippen LogP contribution in [0.25, 0.3) is 32.7 Å². The van der Waals surface area contributed by atoms with Gasteiger partial charge in [-0.15, -0.1) is 0 Å². The van der Waals surface area contributed by atoms with Crippen LogP contribution in [-0.2, 0) is 14.9 Å². The van der Waals surface area contributed by atoms with Gasteiger partial charge in [-0.1, -0.05) is 121 Å². The summed E-state index contributed by atoms with van der Waals surface area (Å²) in [5.74, 6) is 1.91. The summed E-state index contributed by atoms with van der Waals surface area (Å²) in [6.45, 7) is -0.586. The Balaban J connectivity index is 1.00. The van der Waals surface area contributed by atoms with Crippen molar-refractivity contribution in [1.82, 2.24) is 0 Å². The Morgan fingerprint density at radius 1 is 0.386 bits per heavy atom. The molecule has 278 valence electrons. The highest BCUT2D eigenvalue weighted by atomic mass is 16.8. The molecule has 0 radical (unpaired) electrons. The van der Waals surface area contributed by atoms with Crippen molar-refractivity contribution in [3.63, 3.8) is 0 Å². The molecule has 0 amide bonds. The number of fused-ring (bicyclic) bond motifs is 5. The molecule has 0 saturated carbocycles. The molecular weight excluding hydrogens is 717 g/mol. The second kappa shape index (κ2) is 15.3. The lowest BCUT2D eigenvalue weighted by molar-refractivity contribution is 0.0302. The van der Waals surface area contributed by atoms with Crippen LogP contribution in [0.1, 0.15) is 22.3 Å². The lowest BCUT2D eigenvalue weighted by Crippen LogP contribution is -2.28. The van der Waals surface area contributed by atoms with Gasteiger partial charge in [-0.25, -0.2) is 9.59 Å². The third-order valence-corrected chi connectivity index (χ3v) is 10.1. The monoisotopic (exact) mass is 750 g/mol. The van der Waals surface area contributed by atoms with Gasteiger partial charge in [0.15, 0.2) is 0 Å². The predicted molar refractivity (Wildman–Crippen MR) is 217 cm³/mol. The fraction of sp³-hybridized carbons (Fsp3) is 0.0612. The first-order valence-electron chi connectivity index (χ1n) is 18.4. The zero-order chi connectivity index (χ0) is 38.6. The molecule has 0 unspecified atom stereocenters. The van der Waals surface area contributed by atoms with Crippen molar-refractivity contribution in [3.8, 4) is 34.1 Å². The van der Waals surface area contributed by atoms with Crippen LogP contribution in [0.3, 0.4) is 0 Å². The van der Waals surface area contributed by atoms with Gasteiger partial charge in [-0.2, -0.15) is 0 Å². The summed E-state index contributed by atoms with van der Waals surface area (Å²) in [5.41, 5.74) is 6.39. The minimum Gasteiger partial charge on any atom is -0.457 e. The molecule has 0 aromatic heterocycles. The van der Waals surface area contributed by atoms with E-state index in [-0.39, 0.29) is 13.6 Å². The lowest BCUT2D eigenvalue weighted by Gasteiger charge is -2.34. The minimum absolute atomic E-state index is 0.293. The highest BCUT2D eigenvalue weighted by molar-refractivity contribution is 5.92. The molecule has 0 bridgehead atoms. The Morgan fingerprint density at radius 3 is 1.23 bits per heavy atom. The SMILES string of the molecule is O=C(OCOc1ccc2cc(C3(c4ccc5cc(OCOC(=O)Oc6ccccc6)ccc5c4)c4ccccc4-c4ccccc43)ccc2c1)Oc1ccccc1. The number of para-hydroxylation sites is 2. The summed E-state index contributed by atoms with van der Waals surface area (Å²) < 4.78 is 32.2. The number of carbonyl (C=O) groups is 2. The fourth-order valence-corrected chi connectivity index (χ4v) is 7.64. The van der Waals surface area contributed by atoms with Crippen LogP contribution in [0, 0.1) is 0 Å². The van der Waals surface area contributed by atoms with Crippen LogP contribution in [0.15, 0.2) is 182 Å². The molecule has 1 aliphatic rings. The first-order valence-corrected chi connectivity index (χ1v) is 18.4. The summed E-state index contributed by atoms with van der Waals surface area (Å²) in [6, 6.07) is 59.4. The van der Waals surface area contributed by atoms with E-state index in [1.54, 1.807) is 48.5 Å². The summed E-state index contributed by atoms with van der Waals surface area (Å²) >= 11 is 0. The van der Waals surface area contributed by atoms with Gasteiger partial charge in [0.2, 0.25) is 13.6 Å². The average Bonchev–Trinajstić information content (AvgIpc) is 3.55. The standard InChI is InChI=1S/C49H34O8/c50-47(56-39-11-3-1-4-12-39)54-31-52-41-25-21-33-27-37(23-19-35(33)29-41)49(45-17-9-7-15-43(45)44-16-8-10-18-46(44)49)38-24-20-36-30-42(26-22-34(36)28-38)53-32-55-48(51)57-40-13-5-2-6-14-40/h1-30H,31-32H2. The maximum Gasteiger partial charge on any atom is 0.516 e. The van der Waals surface area contributed by atoms with Gasteiger partial charge in [-0.05, 0) is 116 Å². The molecule has 8 aromatic rings. The largest absolute Gasteiger partial charge is 0.516 e. The Morgan fingerprint density at radius 2 is 0.772 bits per heavy atom. The summed E-state index contributed by atoms with van der Waals surface area (Å²) in [6.07, 6.45) is -1.69. The molecule has 0 saturated heterocycles. The summed E-state index contributed by atoms with van der Waals surface area (Å²) in [5, 5.41) is 4.01. The number of ether oxygens (including phenoxy) is 6. The molecule has 8 aromatic carbocycles. The molecule has 0 aliphatic heterocycles. The fourth-order valence-electron chi connectivity index (χ4n) is 7.64. The molecule has 57 heavy (non-hydrogen) atoms. The first-order chi connectivity index (χ1) is 28.0. The molecule has 0 spiro atoms. The predicted octanol–water partition coefficient (Wildman–Crippen LogP) is 11.5. The van der Waals surface area contributed by atoms with Crippen LogP contribution < -0.4 is 18.9 Å². The van der Waals surface area contributed by atoms with Crippen LogP contribution >= 0.6 is 0 Å². The van der Waals surface area contributed by atoms with Gasteiger partial charge < -0.3 is 28.4 Å². The zero-order valence-electron chi connectivity index (χ0n) is 30.5. The van der Waals surface area contributed by atoms with E-state index in [9.17, 15) is 9.59 Å². The van der Waals surface area contributed by atoms with Crippen molar-refractivity contribution >= 4 is 33.9 Å². The maximum atomic E-state index is 12.1. The second-order valence-electron chi connectivity index (χ2n) is 13.4. The van der Waals surface area contributed by atoms with Crippen LogP contribution in [0.5, 0.6) is 23.0 Å². The molecule has 1 aliphatic carbocycles. The van der Waals surface area contributed by atoms with E-state index in [0.29, 0.717) is 23.0 Å². The Kier molecular flexibility index (Phi) is 9.42. The zero-order valence-corrected chi connectivity index (χ0v) is 30.5. The lowest BCUT2D eigenvalue weighted by atomic mass is 9.67. The number of hydrogen-bond donors (Lipinski definition) is 0. The quantitative estimate of drug-likeness (QED) is 0.0775. The van der Waals surface area contributed by atoms with Gasteiger partial charge in [0.25, 0.3) is 0 Å². The molecule has 9 rings (SSSR count). The van der Waals surface area contributed by atoms with E-state index in [0.717, 1.165) is 32.7 Å². The normalized spacial score (nSPS) is 12.3. The molecular formula is C49H34O8. The van der Waals surface area contributed by atoms with Gasteiger partial charge in [0, 0.05) is 0 Å². The molecule has 0 fully saturated rings. The average molecular weight is 751 g/mol. The van der Waals surface area contributed by atoms with Crippen LogP contribution in [0.4, 0.5) is 9.59 Å². The number of hydrogen-bond acceptors (Lipinski definition) is 8. The van der Waals surface area contributed by atoms with E-state index in [4.69, 9.17) is 28.4 Å². The van der Waals surface area contributed by atoms with Crippen molar-refractivity contribution in [2.75, 3.05) is 13.6 Å². The highest BCUT2D eigenvalue weighted by Crippen LogP contribution is 2.56. The second-order valence-corrected chi connectivity index (χ2v) is 13.4. The topological polar surface area (TPSA) is 89.5 Å². The first kappa shape index (κ1) is 35.1. The number of rotatable bonds is 10. The van der Waals surface area contributed by atoms with E-state index < -0.39 is 17.7 Å². The third kappa shape index (κ3) is 6.96. The van der Waals surface area contributed by atoms with Crippen molar-refractivity contribution in [2.24, 2.45) is 0 Å². The van der Waals surface area contributed by atoms with E-state index in [1.165, 1.54) is 22.3 Å². The minimum atomic E-state index is -0.843. The summed E-state index contributed by atoms with van der Waals surface area (Å²) in [7, 11) is 0. The number of carbonyl (C=O) groups excluding carboxylic acids is 2. The number of benzene rings is 8. The highest BCUT2D eigenvalue weighted by Gasteiger charge is 2.46. The van der Waals surface area contributed by atoms with Crippen molar-refractivity contribution in [2.45, 2.75) is 5.41 Å². The molecule has 0 heterocycles. The maximum absolute atomic E-state index is 12.1. The molecule has 0 atom stereocenters. The van der Waals surface area contributed by atoms with E-state index in [1.807, 2.05) is 48.5 Å². The van der Waals surface area contributed by atoms with Gasteiger partial charge in [0.05, 0.1) is 5.41 Å². The smallest absolute Gasteiger partial charge is 0.457 e. The Hall–Kier alpha value is -7.58. The third-order valence-electron chi connectivity index (χ3n) is 10.1. The van der Waals surface area contributed by atoms with E-state index in [2.05, 4.69) is 84.9 Å². The van der Waals surface area contributed by atoms with Gasteiger partial charge >= 0.3 is 12.3 Å². The van der Waals surface area contributed by atoms with Crippen molar-refractivity contribution < 1.29 is 38.0 Å². The Bertz CT molecular complexity index is 2560. The van der Waals surface area contributed by atoms with Crippen molar-refractivity contribution in [1.29, 1.82) is 0 Å². The van der Waals surface area contributed by atoms with Gasteiger partial charge in [-0.3, -0.25) is 0 Å². The molecule has 8 heteroatoms. The van der Waals surface area contributed by atoms with Crippen LogP contribution in [-0.4, -0.2) is 25.9 Å². The molecule has 0 N–H and O–H groups in total.